The van der Waals surface area contributed by atoms with Gasteiger partial charge < -0.3 is 11.1 Å². The lowest BCUT2D eigenvalue weighted by molar-refractivity contribution is -0.117. The first-order valence-corrected chi connectivity index (χ1v) is 8.51. The van der Waals surface area contributed by atoms with Gasteiger partial charge in [-0.25, -0.2) is 13.6 Å². The number of hydrogen-bond acceptors (Lipinski definition) is 4. The van der Waals surface area contributed by atoms with Crippen LogP contribution in [-0.2, 0) is 14.8 Å². The molecule has 0 bridgehead atoms. The average molecular weight is 348 g/mol. The van der Waals surface area contributed by atoms with Gasteiger partial charge in [-0.1, -0.05) is 12.5 Å². The lowest BCUT2D eigenvalue weighted by Gasteiger charge is -2.15. The van der Waals surface area contributed by atoms with Crippen LogP contribution < -0.4 is 16.2 Å². The van der Waals surface area contributed by atoms with E-state index in [1.807, 2.05) is 0 Å². The Morgan fingerprint density at radius 3 is 2.59 bits per heavy atom. The van der Waals surface area contributed by atoms with E-state index in [1.165, 1.54) is 6.07 Å². The minimum absolute atomic E-state index is 0. The Hall–Kier alpha value is -1.15. The van der Waals surface area contributed by atoms with Gasteiger partial charge in [0.15, 0.2) is 0 Å². The predicted molar refractivity (Wildman–Crippen MR) is 88.4 cm³/mol. The summed E-state index contributed by atoms with van der Waals surface area (Å²) in [7, 11) is -3.79. The monoisotopic (exact) mass is 347 g/mol. The number of anilines is 1. The number of amides is 1. The van der Waals surface area contributed by atoms with Crippen molar-refractivity contribution in [2.75, 3.05) is 5.32 Å². The molecule has 1 aromatic carbocycles. The van der Waals surface area contributed by atoms with Crippen molar-refractivity contribution in [1.82, 2.24) is 0 Å². The lowest BCUT2D eigenvalue weighted by Crippen LogP contribution is -2.28. The van der Waals surface area contributed by atoms with Crippen molar-refractivity contribution in [2.45, 2.75) is 43.5 Å². The number of nitrogens with two attached hydrogens (primary N) is 2. The van der Waals surface area contributed by atoms with Crippen LogP contribution in [0.5, 0.6) is 0 Å². The van der Waals surface area contributed by atoms with Gasteiger partial charge in [0.05, 0.1) is 4.90 Å². The summed E-state index contributed by atoms with van der Waals surface area (Å²) < 4.78 is 22.9. The molecule has 0 heterocycles. The second-order valence-corrected chi connectivity index (χ2v) is 7.16. The van der Waals surface area contributed by atoms with E-state index in [4.69, 9.17) is 10.9 Å². The van der Waals surface area contributed by atoms with E-state index in [1.54, 1.807) is 19.1 Å². The molecule has 22 heavy (non-hydrogen) atoms. The van der Waals surface area contributed by atoms with E-state index in [9.17, 15) is 13.2 Å². The first kappa shape index (κ1) is 18.9. The topological polar surface area (TPSA) is 115 Å². The number of primary sulfonamides is 1. The highest BCUT2D eigenvalue weighted by molar-refractivity contribution is 7.89. The summed E-state index contributed by atoms with van der Waals surface area (Å²) in [6.07, 6.45) is 3.34. The van der Waals surface area contributed by atoms with Gasteiger partial charge >= 0.3 is 0 Å². The second-order valence-electron chi connectivity index (χ2n) is 5.63. The van der Waals surface area contributed by atoms with Crippen molar-refractivity contribution in [1.29, 1.82) is 0 Å². The molecule has 5 N–H and O–H groups in total. The van der Waals surface area contributed by atoms with E-state index in [0.29, 0.717) is 17.7 Å². The Morgan fingerprint density at radius 2 is 2.05 bits per heavy atom. The van der Waals surface area contributed by atoms with Crippen molar-refractivity contribution >= 4 is 34.0 Å². The molecular formula is C14H22ClN3O3S. The van der Waals surface area contributed by atoms with Crippen LogP contribution in [-0.4, -0.2) is 20.4 Å². The number of benzene rings is 1. The van der Waals surface area contributed by atoms with E-state index in [0.717, 1.165) is 19.3 Å². The number of aryl methyl sites for hydroxylation is 1. The number of carbonyl (C=O) groups is 1. The van der Waals surface area contributed by atoms with Gasteiger partial charge in [0.25, 0.3) is 0 Å². The Kier molecular flexibility index (Phi) is 6.37. The molecule has 0 spiro atoms. The van der Waals surface area contributed by atoms with Gasteiger partial charge in [0, 0.05) is 18.2 Å². The number of halogens is 1. The first-order valence-electron chi connectivity index (χ1n) is 6.96. The van der Waals surface area contributed by atoms with Gasteiger partial charge in [-0.15, -0.1) is 12.4 Å². The standard InChI is InChI=1S/C14H21N3O3S.ClH/c1-9-5-6-11(8-13(9)21(16,19)20)17-14(18)7-10-3-2-4-12(10)15;/h5-6,8,10,12H,2-4,7,15H2,1H3,(H,17,18)(H2,16,19,20);1H/t10-,12+;/m0./s1. The maximum atomic E-state index is 12.0. The van der Waals surface area contributed by atoms with Gasteiger partial charge in [0.2, 0.25) is 15.9 Å². The molecule has 1 aliphatic carbocycles. The summed E-state index contributed by atoms with van der Waals surface area (Å²) in [5.41, 5.74) is 6.93. The Balaban J connectivity index is 0.00000242. The highest BCUT2D eigenvalue weighted by atomic mass is 35.5. The number of hydrogen-bond donors (Lipinski definition) is 3. The fourth-order valence-corrected chi connectivity index (χ4v) is 3.56. The molecule has 2 rings (SSSR count). The Bertz CT molecular complexity index is 649. The van der Waals surface area contributed by atoms with Crippen molar-refractivity contribution in [2.24, 2.45) is 16.8 Å². The molecule has 1 aliphatic rings. The van der Waals surface area contributed by atoms with Crippen molar-refractivity contribution in [3.63, 3.8) is 0 Å². The van der Waals surface area contributed by atoms with Crippen LogP contribution in [0, 0.1) is 12.8 Å². The molecule has 1 saturated carbocycles. The van der Waals surface area contributed by atoms with Crippen LogP contribution >= 0.6 is 12.4 Å². The summed E-state index contributed by atoms with van der Waals surface area (Å²) in [5.74, 6) is 0.0507. The summed E-state index contributed by atoms with van der Waals surface area (Å²) in [6.45, 7) is 1.66. The SMILES string of the molecule is Cc1ccc(NC(=O)C[C@@H]2CCC[C@H]2N)cc1S(N)(=O)=O.Cl. The molecule has 0 aliphatic heterocycles. The molecule has 0 aromatic heterocycles. The normalized spacial score (nSPS) is 21.2. The van der Waals surface area contributed by atoms with Crippen molar-refractivity contribution in [3.05, 3.63) is 23.8 Å². The van der Waals surface area contributed by atoms with Crippen LogP contribution in [0.1, 0.15) is 31.2 Å². The lowest BCUT2D eigenvalue weighted by atomic mass is 10.00. The molecule has 0 saturated heterocycles. The molecule has 0 radical (unpaired) electrons. The molecule has 2 atom stereocenters. The van der Waals surface area contributed by atoms with Crippen LogP contribution in [0.3, 0.4) is 0 Å². The van der Waals surface area contributed by atoms with Gasteiger partial charge in [0.1, 0.15) is 0 Å². The molecule has 6 nitrogen and oxygen atoms in total. The Morgan fingerprint density at radius 1 is 1.36 bits per heavy atom. The predicted octanol–water partition coefficient (Wildman–Crippen LogP) is 1.52. The summed E-state index contributed by atoms with van der Waals surface area (Å²) in [6, 6.07) is 4.75. The number of rotatable bonds is 4. The minimum Gasteiger partial charge on any atom is -0.327 e. The summed E-state index contributed by atoms with van der Waals surface area (Å²) in [4.78, 5) is 12.0. The highest BCUT2D eigenvalue weighted by Gasteiger charge is 2.26. The fourth-order valence-electron chi connectivity index (χ4n) is 2.75. The first-order chi connectivity index (χ1) is 9.77. The molecule has 1 aromatic rings. The fraction of sp³-hybridized carbons (Fsp3) is 0.500. The highest BCUT2D eigenvalue weighted by Crippen LogP contribution is 2.27. The van der Waals surface area contributed by atoms with Crippen molar-refractivity contribution in [3.8, 4) is 0 Å². The van der Waals surface area contributed by atoms with E-state index >= 15 is 0 Å². The van der Waals surface area contributed by atoms with Crippen LogP contribution in [0.2, 0.25) is 0 Å². The smallest absolute Gasteiger partial charge is 0.238 e. The number of nitrogens with one attached hydrogen (secondary N) is 1. The molecule has 0 unspecified atom stereocenters. The summed E-state index contributed by atoms with van der Waals surface area (Å²) >= 11 is 0. The van der Waals surface area contributed by atoms with Crippen LogP contribution in [0.25, 0.3) is 0 Å². The average Bonchev–Trinajstić information content (AvgIpc) is 2.76. The second kappa shape index (κ2) is 7.41. The van der Waals surface area contributed by atoms with E-state index < -0.39 is 10.0 Å². The molecule has 8 heteroatoms. The van der Waals surface area contributed by atoms with E-state index in [-0.39, 0.29) is 35.2 Å². The zero-order chi connectivity index (χ0) is 15.6. The van der Waals surface area contributed by atoms with Crippen LogP contribution in [0.15, 0.2) is 23.1 Å². The molecule has 124 valence electrons. The third kappa shape index (κ3) is 4.67. The number of sulfonamides is 1. The largest absolute Gasteiger partial charge is 0.327 e. The van der Waals surface area contributed by atoms with Gasteiger partial charge in [-0.2, -0.15) is 0 Å². The minimum atomic E-state index is -3.79. The maximum absolute atomic E-state index is 12.0. The maximum Gasteiger partial charge on any atom is 0.238 e. The molecular weight excluding hydrogens is 326 g/mol. The van der Waals surface area contributed by atoms with Gasteiger partial charge in [-0.3, -0.25) is 4.79 Å². The van der Waals surface area contributed by atoms with Gasteiger partial charge in [-0.05, 0) is 43.4 Å². The molecule has 1 amide bonds. The molecule has 1 fully saturated rings. The third-order valence-electron chi connectivity index (χ3n) is 3.94. The zero-order valence-electron chi connectivity index (χ0n) is 12.4. The number of carbonyl (C=O) groups excluding carboxylic acids is 1. The zero-order valence-corrected chi connectivity index (χ0v) is 14.0. The van der Waals surface area contributed by atoms with E-state index in [2.05, 4.69) is 5.32 Å². The quantitative estimate of drug-likeness (QED) is 0.765. The third-order valence-corrected chi connectivity index (χ3v) is 5.00. The van der Waals surface area contributed by atoms with Crippen LogP contribution in [0.4, 0.5) is 5.69 Å². The Labute approximate surface area is 137 Å². The van der Waals surface area contributed by atoms with Crippen molar-refractivity contribution < 1.29 is 13.2 Å². The summed E-state index contributed by atoms with van der Waals surface area (Å²) in [5, 5.41) is 7.87.